The zero-order valence-electron chi connectivity index (χ0n) is 10.2. The van der Waals surface area contributed by atoms with E-state index in [9.17, 15) is 0 Å². The van der Waals surface area contributed by atoms with Gasteiger partial charge in [0.05, 0.1) is 10.5 Å². The van der Waals surface area contributed by atoms with Crippen LogP contribution in [-0.4, -0.2) is 22.0 Å². The van der Waals surface area contributed by atoms with E-state index in [4.69, 9.17) is 11.6 Å². The predicted octanol–water partition coefficient (Wildman–Crippen LogP) is 4.19. The molecule has 0 spiro atoms. The molecule has 0 radical (unpaired) electrons. The fourth-order valence-electron chi connectivity index (χ4n) is 2.40. The van der Waals surface area contributed by atoms with Crippen molar-refractivity contribution >= 4 is 40.0 Å². The van der Waals surface area contributed by atoms with Crippen LogP contribution in [0.5, 0.6) is 0 Å². The molecule has 18 heavy (non-hydrogen) atoms. The Kier molecular flexibility index (Phi) is 3.35. The van der Waals surface area contributed by atoms with Crippen molar-refractivity contribution in [1.82, 2.24) is 4.98 Å². The molecule has 1 aromatic heterocycles. The molecule has 1 saturated heterocycles. The fraction of sp³-hybridized carbons (Fsp3) is 0.357. The molecular formula is C14H15ClN2S. The van der Waals surface area contributed by atoms with E-state index in [2.05, 4.69) is 29.4 Å². The number of aromatic nitrogens is 1. The van der Waals surface area contributed by atoms with E-state index in [1.54, 1.807) is 6.20 Å². The van der Waals surface area contributed by atoms with Gasteiger partial charge in [0.25, 0.3) is 0 Å². The number of thioether (sulfide) groups is 1. The highest BCUT2D eigenvalue weighted by Crippen LogP contribution is 2.32. The standard InChI is InChI=1S/C14H15ClN2S/c1-9-7-10(8-18-9)17-13-5-4-12(15)14-11(13)3-2-6-16-14/h2-6,9-10,17H,7-8H2,1H3. The van der Waals surface area contributed by atoms with Gasteiger partial charge in [0.15, 0.2) is 0 Å². The Labute approximate surface area is 116 Å². The monoisotopic (exact) mass is 278 g/mol. The van der Waals surface area contributed by atoms with Gasteiger partial charge in [0.1, 0.15) is 0 Å². The van der Waals surface area contributed by atoms with Gasteiger partial charge in [-0.2, -0.15) is 11.8 Å². The van der Waals surface area contributed by atoms with Crippen molar-refractivity contribution in [3.8, 4) is 0 Å². The summed E-state index contributed by atoms with van der Waals surface area (Å²) in [6.45, 7) is 2.29. The normalized spacial score (nSPS) is 23.4. The van der Waals surface area contributed by atoms with E-state index in [0.717, 1.165) is 21.8 Å². The highest BCUT2D eigenvalue weighted by Gasteiger charge is 2.22. The summed E-state index contributed by atoms with van der Waals surface area (Å²) in [5.41, 5.74) is 2.02. The summed E-state index contributed by atoms with van der Waals surface area (Å²) in [5.74, 6) is 1.17. The van der Waals surface area contributed by atoms with Gasteiger partial charge in [0, 0.05) is 34.3 Å². The molecule has 2 heterocycles. The van der Waals surface area contributed by atoms with Gasteiger partial charge in [-0.05, 0) is 30.7 Å². The number of pyridine rings is 1. The Bertz CT molecular complexity index is 573. The van der Waals surface area contributed by atoms with Crippen LogP contribution in [0.4, 0.5) is 5.69 Å². The predicted molar refractivity (Wildman–Crippen MR) is 80.7 cm³/mol. The van der Waals surface area contributed by atoms with E-state index < -0.39 is 0 Å². The SMILES string of the molecule is CC1CC(Nc2ccc(Cl)c3ncccc23)CS1. The van der Waals surface area contributed by atoms with Gasteiger partial charge in [0.2, 0.25) is 0 Å². The molecule has 0 bridgehead atoms. The smallest absolute Gasteiger partial charge is 0.0908 e. The summed E-state index contributed by atoms with van der Waals surface area (Å²) in [6.07, 6.45) is 3.00. The molecule has 1 fully saturated rings. The molecule has 2 unspecified atom stereocenters. The van der Waals surface area contributed by atoms with Crippen LogP contribution in [0.25, 0.3) is 10.9 Å². The van der Waals surface area contributed by atoms with Gasteiger partial charge in [-0.25, -0.2) is 0 Å². The lowest BCUT2D eigenvalue weighted by molar-refractivity contribution is 0.748. The van der Waals surface area contributed by atoms with E-state index >= 15 is 0 Å². The van der Waals surface area contributed by atoms with Crippen LogP contribution >= 0.6 is 23.4 Å². The molecule has 1 aliphatic rings. The zero-order chi connectivity index (χ0) is 12.5. The van der Waals surface area contributed by atoms with Gasteiger partial charge in [-0.1, -0.05) is 18.5 Å². The Morgan fingerprint density at radius 1 is 1.39 bits per heavy atom. The highest BCUT2D eigenvalue weighted by atomic mass is 35.5. The number of nitrogens with zero attached hydrogens (tertiary/aromatic N) is 1. The van der Waals surface area contributed by atoms with Gasteiger partial charge in [-0.3, -0.25) is 4.98 Å². The van der Waals surface area contributed by atoms with E-state index in [0.29, 0.717) is 11.1 Å². The van der Waals surface area contributed by atoms with Crippen molar-refractivity contribution in [1.29, 1.82) is 0 Å². The van der Waals surface area contributed by atoms with Crippen LogP contribution < -0.4 is 5.32 Å². The van der Waals surface area contributed by atoms with Crippen molar-refractivity contribution in [2.75, 3.05) is 11.1 Å². The maximum absolute atomic E-state index is 6.17. The minimum Gasteiger partial charge on any atom is -0.381 e. The molecule has 3 rings (SSSR count). The third-order valence-corrected chi connectivity index (χ3v) is 4.94. The van der Waals surface area contributed by atoms with Crippen LogP contribution in [0.15, 0.2) is 30.5 Å². The van der Waals surface area contributed by atoms with Crippen LogP contribution in [0.1, 0.15) is 13.3 Å². The van der Waals surface area contributed by atoms with Crippen molar-refractivity contribution < 1.29 is 0 Å². The molecule has 1 N–H and O–H groups in total. The molecule has 2 aromatic rings. The number of rotatable bonds is 2. The minimum absolute atomic E-state index is 0.551. The topological polar surface area (TPSA) is 24.9 Å². The summed E-state index contributed by atoms with van der Waals surface area (Å²) in [7, 11) is 0. The Hall–Kier alpha value is -0.930. The third-order valence-electron chi connectivity index (χ3n) is 3.28. The molecular weight excluding hydrogens is 264 g/mol. The van der Waals surface area contributed by atoms with Gasteiger partial charge in [-0.15, -0.1) is 0 Å². The van der Waals surface area contributed by atoms with Crippen LogP contribution in [0.3, 0.4) is 0 Å². The number of fused-ring (bicyclic) bond motifs is 1. The van der Waals surface area contributed by atoms with Crippen molar-refractivity contribution in [3.63, 3.8) is 0 Å². The summed E-state index contributed by atoms with van der Waals surface area (Å²) in [4.78, 5) is 4.35. The first kappa shape index (κ1) is 12.1. The van der Waals surface area contributed by atoms with Crippen LogP contribution in [0.2, 0.25) is 5.02 Å². The maximum atomic E-state index is 6.17. The van der Waals surface area contributed by atoms with Crippen LogP contribution in [0, 0.1) is 0 Å². The number of nitrogens with one attached hydrogen (secondary N) is 1. The van der Waals surface area contributed by atoms with Crippen molar-refractivity contribution in [2.45, 2.75) is 24.6 Å². The average molecular weight is 279 g/mol. The van der Waals surface area contributed by atoms with E-state index in [1.165, 1.54) is 12.2 Å². The van der Waals surface area contributed by atoms with Gasteiger partial charge >= 0.3 is 0 Å². The number of hydrogen-bond donors (Lipinski definition) is 1. The molecule has 0 amide bonds. The first-order chi connectivity index (χ1) is 8.74. The Morgan fingerprint density at radius 2 is 2.28 bits per heavy atom. The average Bonchev–Trinajstić information content (AvgIpc) is 2.79. The molecule has 0 aliphatic carbocycles. The van der Waals surface area contributed by atoms with Crippen molar-refractivity contribution in [3.05, 3.63) is 35.5 Å². The first-order valence-electron chi connectivity index (χ1n) is 6.15. The maximum Gasteiger partial charge on any atom is 0.0908 e. The highest BCUT2D eigenvalue weighted by molar-refractivity contribution is 8.00. The quantitative estimate of drug-likeness (QED) is 0.891. The molecule has 94 valence electrons. The Balaban J connectivity index is 1.95. The number of hydrogen-bond acceptors (Lipinski definition) is 3. The largest absolute Gasteiger partial charge is 0.381 e. The van der Waals surface area contributed by atoms with Crippen LogP contribution in [-0.2, 0) is 0 Å². The second-order valence-electron chi connectivity index (χ2n) is 4.72. The molecule has 1 aliphatic heterocycles. The summed E-state index contributed by atoms with van der Waals surface area (Å²) < 4.78 is 0. The van der Waals surface area contributed by atoms with Gasteiger partial charge < -0.3 is 5.32 Å². The number of benzene rings is 1. The second-order valence-corrected chi connectivity index (χ2v) is 6.59. The lowest BCUT2D eigenvalue weighted by Crippen LogP contribution is -2.19. The third kappa shape index (κ3) is 2.29. The zero-order valence-corrected chi connectivity index (χ0v) is 11.8. The van der Waals surface area contributed by atoms with E-state index in [1.807, 2.05) is 23.9 Å². The molecule has 2 atom stereocenters. The minimum atomic E-state index is 0.551. The first-order valence-corrected chi connectivity index (χ1v) is 7.58. The second kappa shape index (κ2) is 4.98. The summed E-state index contributed by atoms with van der Waals surface area (Å²) >= 11 is 8.20. The Morgan fingerprint density at radius 3 is 3.06 bits per heavy atom. The molecule has 1 aromatic carbocycles. The fourth-order valence-corrected chi connectivity index (χ4v) is 3.76. The lowest BCUT2D eigenvalue weighted by Gasteiger charge is -2.15. The summed E-state index contributed by atoms with van der Waals surface area (Å²) in [5, 5.41) is 6.19. The molecule has 4 heteroatoms. The number of anilines is 1. The van der Waals surface area contributed by atoms with E-state index in [-0.39, 0.29) is 0 Å². The molecule has 0 saturated carbocycles. The summed E-state index contributed by atoms with van der Waals surface area (Å²) in [6, 6.07) is 8.55. The van der Waals surface area contributed by atoms with Crippen molar-refractivity contribution in [2.24, 2.45) is 0 Å². The number of halogens is 1. The molecule has 2 nitrogen and oxygen atoms in total. The lowest BCUT2D eigenvalue weighted by atomic mass is 10.1.